The normalized spacial score (nSPS) is 54.8. The third-order valence-electron chi connectivity index (χ3n) is 14.2. The van der Waals surface area contributed by atoms with Crippen LogP contribution < -0.4 is 42.5 Å². The summed E-state index contributed by atoms with van der Waals surface area (Å²) in [6.45, 7) is 0. The summed E-state index contributed by atoms with van der Waals surface area (Å²) in [5.41, 5.74) is 0. The fourth-order valence-corrected chi connectivity index (χ4v) is 12.3. The van der Waals surface area contributed by atoms with Crippen LogP contribution in [0.4, 0.5) is 0 Å². The minimum Gasteiger partial charge on any atom is -0.481 e. The number of nitrogens with one attached hydrogen (secondary N) is 8. The van der Waals surface area contributed by atoms with Crippen LogP contribution in [0.25, 0.3) is 0 Å². The van der Waals surface area contributed by atoms with E-state index in [2.05, 4.69) is 42.5 Å². The van der Waals surface area contributed by atoms with Gasteiger partial charge in [0.1, 0.15) is 0 Å². The van der Waals surface area contributed by atoms with Crippen LogP contribution >= 0.6 is 0 Å². The average molecular weight is 652 g/mol. The molecule has 5 aliphatic heterocycles. The SMILES string of the molecule is O=C(O)C1CCCC2C3NC4NC(NC5NC(NC6NC(NC(N3)C12)C1CCCCC61)C1CCCCC51)C1CCCCC41.[Mn]. The second-order valence-electron chi connectivity index (χ2n) is 16.1. The first-order valence-corrected chi connectivity index (χ1v) is 18.4. The van der Waals surface area contributed by atoms with Gasteiger partial charge in [-0.1, -0.05) is 44.9 Å². The summed E-state index contributed by atoms with van der Waals surface area (Å²) in [7, 11) is 0. The number of aliphatic carboxylic acids is 1. The molecule has 10 nitrogen and oxygen atoms in total. The Labute approximate surface area is 273 Å². The molecule has 0 aromatic heterocycles. The van der Waals surface area contributed by atoms with E-state index in [4.69, 9.17) is 0 Å². The summed E-state index contributed by atoms with van der Waals surface area (Å²) < 4.78 is 0. The van der Waals surface area contributed by atoms with Crippen molar-refractivity contribution in [3.63, 3.8) is 0 Å². The topological polar surface area (TPSA) is 134 Å². The van der Waals surface area contributed by atoms with E-state index in [0.29, 0.717) is 66.1 Å². The Kier molecular flexibility index (Phi) is 8.87. The molecular formula is C33H56MnN8O2. The fraction of sp³-hybridized carbons (Fsp3) is 0.970. The van der Waals surface area contributed by atoms with Gasteiger partial charge in [0.2, 0.25) is 0 Å². The number of hydrogen-bond acceptors (Lipinski definition) is 9. The molecule has 9 fully saturated rings. The van der Waals surface area contributed by atoms with Crippen molar-refractivity contribution < 1.29 is 27.0 Å². The Morgan fingerprint density at radius 1 is 0.386 bits per heavy atom. The third-order valence-corrected chi connectivity index (χ3v) is 14.2. The maximum absolute atomic E-state index is 12.6. The van der Waals surface area contributed by atoms with Crippen molar-refractivity contribution in [3.8, 4) is 0 Å². The number of fused-ring (bicyclic) bond motifs is 20. The number of carbonyl (C=O) groups is 1. The van der Waals surface area contributed by atoms with Crippen LogP contribution in [0.3, 0.4) is 0 Å². The van der Waals surface area contributed by atoms with Gasteiger partial charge in [-0.15, -0.1) is 0 Å². The zero-order chi connectivity index (χ0) is 28.7. The molecule has 0 aromatic carbocycles. The predicted octanol–water partition coefficient (Wildman–Crippen LogP) is 1.91. The minimum atomic E-state index is -0.607. The van der Waals surface area contributed by atoms with Gasteiger partial charge in [-0.05, 0) is 92.8 Å². The molecule has 5 heterocycles. The molecule has 8 bridgehead atoms. The summed E-state index contributed by atoms with van der Waals surface area (Å²) in [5.74, 6) is 3.36. The van der Waals surface area contributed by atoms with E-state index < -0.39 is 5.97 Å². The van der Waals surface area contributed by atoms with Gasteiger partial charge in [-0.2, -0.15) is 0 Å². The van der Waals surface area contributed by atoms with Crippen molar-refractivity contribution in [2.75, 3.05) is 0 Å². The van der Waals surface area contributed by atoms with Crippen molar-refractivity contribution in [2.45, 2.75) is 146 Å². The van der Waals surface area contributed by atoms with E-state index in [0.717, 1.165) is 19.3 Å². The molecular weight excluding hydrogens is 595 g/mol. The monoisotopic (exact) mass is 651 g/mol. The summed E-state index contributed by atoms with van der Waals surface area (Å²) in [4.78, 5) is 12.6. The molecule has 17 unspecified atom stereocenters. The first kappa shape index (κ1) is 31.0. The van der Waals surface area contributed by atoms with Crippen molar-refractivity contribution in [3.05, 3.63) is 0 Å². The van der Waals surface area contributed by atoms with Crippen LogP contribution in [-0.2, 0) is 21.9 Å². The quantitative estimate of drug-likeness (QED) is 0.194. The molecule has 9 aliphatic rings. The van der Waals surface area contributed by atoms with Gasteiger partial charge in [0.05, 0.1) is 55.2 Å². The zero-order valence-corrected chi connectivity index (χ0v) is 27.3. The standard InChI is InChI=1S/C33H56N8O2.Mn/c42-33(43)23-15-7-14-22-24(23)32-40-30-21-13-6-5-12-20(21)28(38-30)36-26-17-9-2-1-8-16(17)25(34-26)35-27-18-10-3-4-11-19(18)29(37-27)39-31(22)41-32;/h16-32,34-41H,1-15H2,(H,42,43);. The van der Waals surface area contributed by atoms with Crippen LogP contribution in [0, 0.1) is 53.3 Å². The number of carboxylic acid groups (broad SMARTS) is 1. The summed E-state index contributed by atoms with van der Waals surface area (Å²) >= 11 is 0. The van der Waals surface area contributed by atoms with E-state index in [-0.39, 0.29) is 53.6 Å². The molecule has 0 amide bonds. The van der Waals surface area contributed by atoms with Gasteiger partial charge >= 0.3 is 5.97 Å². The molecule has 9 N–H and O–H groups in total. The summed E-state index contributed by atoms with van der Waals surface area (Å²) in [5, 5.41) is 43.3. The molecule has 5 saturated heterocycles. The molecule has 247 valence electrons. The van der Waals surface area contributed by atoms with Gasteiger partial charge in [-0.25, -0.2) is 0 Å². The largest absolute Gasteiger partial charge is 0.481 e. The van der Waals surface area contributed by atoms with Gasteiger partial charge in [-0.3, -0.25) is 47.3 Å². The Morgan fingerprint density at radius 2 is 0.659 bits per heavy atom. The second-order valence-corrected chi connectivity index (χ2v) is 16.1. The van der Waals surface area contributed by atoms with Crippen molar-refractivity contribution in [1.82, 2.24) is 42.5 Å². The molecule has 44 heavy (non-hydrogen) atoms. The third kappa shape index (κ3) is 5.24. The van der Waals surface area contributed by atoms with E-state index in [1.807, 2.05) is 0 Å². The first-order valence-electron chi connectivity index (χ1n) is 18.4. The van der Waals surface area contributed by atoms with Crippen molar-refractivity contribution >= 4 is 5.97 Å². The van der Waals surface area contributed by atoms with Crippen LogP contribution in [0.2, 0.25) is 0 Å². The van der Waals surface area contributed by atoms with E-state index in [9.17, 15) is 9.90 Å². The van der Waals surface area contributed by atoms with Gasteiger partial charge in [0, 0.05) is 23.0 Å². The molecule has 0 aromatic rings. The predicted molar refractivity (Wildman–Crippen MR) is 164 cm³/mol. The maximum Gasteiger partial charge on any atom is 0.306 e. The molecule has 9 rings (SSSR count). The number of rotatable bonds is 1. The smallest absolute Gasteiger partial charge is 0.306 e. The maximum atomic E-state index is 12.6. The second kappa shape index (κ2) is 12.6. The Balaban J connectivity index is 0.00000289. The first-order chi connectivity index (χ1) is 21.1. The van der Waals surface area contributed by atoms with Crippen LogP contribution in [0.5, 0.6) is 0 Å². The molecule has 4 saturated carbocycles. The van der Waals surface area contributed by atoms with Crippen molar-refractivity contribution in [1.29, 1.82) is 0 Å². The average Bonchev–Trinajstić information content (AvgIpc) is 3.76. The van der Waals surface area contributed by atoms with Crippen LogP contribution in [0.1, 0.15) is 96.3 Å². The van der Waals surface area contributed by atoms with Crippen molar-refractivity contribution in [2.24, 2.45) is 53.3 Å². The van der Waals surface area contributed by atoms with Crippen LogP contribution in [-0.4, -0.2) is 60.4 Å². The molecule has 11 heteroatoms. The fourth-order valence-electron chi connectivity index (χ4n) is 12.3. The molecule has 1 radical (unpaired) electrons. The molecule has 0 spiro atoms. The van der Waals surface area contributed by atoms with Crippen LogP contribution in [0.15, 0.2) is 0 Å². The number of hydrogen-bond donors (Lipinski definition) is 9. The van der Waals surface area contributed by atoms with E-state index >= 15 is 0 Å². The number of carboxylic acids is 1. The van der Waals surface area contributed by atoms with Gasteiger partial charge in [0.15, 0.2) is 0 Å². The Hall–Kier alpha value is -0.331. The van der Waals surface area contributed by atoms with Gasteiger partial charge in [0.25, 0.3) is 0 Å². The van der Waals surface area contributed by atoms with E-state index in [1.54, 1.807) is 0 Å². The summed E-state index contributed by atoms with van der Waals surface area (Å²) in [6, 6.07) is 0. The van der Waals surface area contributed by atoms with Gasteiger partial charge < -0.3 is 5.11 Å². The zero-order valence-electron chi connectivity index (χ0n) is 26.2. The Morgan fingerprint density at radius 3 is 0.977 bits per heavy atom. The summed E-state index contributed by atoms with van der Waals surface area (Å²) in [6.07, 6.45) is 20.5. The van der Waals surface area contributed by atoms with E-state index in [1.165, 1.54) is 77.0 Å². The molecule has 4 aliphatic carbocycles. The Bertz CT molecular complexity index is 1050. The minimum absolute atomic E-state index is 0. The molecule has 17 atom stereocenters.